The van der Waals surface area contributed by atoms with Crippen LogP contribution in [0.3, 0.4) is 0 Å². The van der Waals surface area contributed by atoms with E-state index >= 15 is 0 Å². The van der Waals surface area contributed by atoms with Gasteiger partial charge < -0.3 is 5.32 Å². The summed E-state index contributed by atoms with van der Waals surface area (Å²) in [5.41, 5.74) is 1.50. The summed E-state index contributed by atoms with van der Waals surface area (Å²) < 4.78 is 0. The first-order valence-corrected chi connectivity index (χ1v) is 7.98. The lowest BCUT2D eigenvalue weighted by molar-refractivity contribution is 0.414. The normalized spacial score (nSPS) is 25.8. The second-order valence-electron chi connectivity index (χ2n) is 5.27. The number of rotatable bonds is 4. The fraction of sp³-hybridized carbons (Fsp3) is 0.733. The second kappa shape index (κ2) is 6.55. The molecule has 1 heterocycles. The lowest BCUT2D eigenvalue weighted by Crippen LogP contribution is -2.34. The maximum absolute atomic E-state index is 3.78. The van der Waals surface area contributed by atoms with Crippen LogP contribution in [0.15, 0.2) is 11.4 Å². The van der Waals surface area contributed by atoms with Crippen LogP contribution in [0.4, 0.5) is 0 Å². The first kappa shape index (κ1) is 13.1. The number of thiophene rings is 1. The minimum Gasteiger partial charge on any atom is -0.313 e. The number of hydrogen-bond acceptors (Lipinski definition) is 2. The van der Waals surface area contributed by atoms with Crippen molar-refractivity contribution in [1.29, 1.82) is 0 Å². The monoisotopic (exact) mass is 251 g/mol. The highest BCUT2D eigenvalue weighted by Crippen LogP contribution is 2.36. The van der Waals surface area contributed by atoms with Crippen molar-refractivity contribution in [3.05, 3.63) is 21.9 Å². The number of nitrogens with one attached hydrogen (secondary N) is 1. The highest BCUT2D eigenvalue weighted by atomic mass is 32.1. The Balaban J connectivity index is 2.11. The molecule has 1 N–H and O–H groups in total. The van der Waals surface area contributed by atoms with Crippen LogP contribution in [0.25, 0.3) is 0 Å². The van der Waals surface area contributed by atoms with Gasteiger partial charge in [-0.1, -0.05) is 26.2 Å². The molecule has 2 rings (SSSR count). The Hall–Kier alpha value is -0.340. The summed E-state index contributed by atoms with van der Waals surface area (Å²) >= 11 is 1.96. The van der Waals surface area contributed by atoms with Crippen molar-refractivity contribution in [2.24, 2.45) is 0 Å². The quantitative estimate of drug-likeness (QED) is 0.778. The molecule has 1 nitrogen and oxygen atoms in total. The van der Waals surface area contributed by atoms with Gasteiger partial charge in [-0.05, 0) is 49.7 Å². The first-order valence-electron chi connectivity index (χ1n) is 7.10. The van der Waals surface area contributed by atoms with Crippen LogP contribution in [0, 0.1) is 6.92 Å². The van der Waals surface area contributed by atoms with Gasteiger partial charge in [-0.15, -0.1) is 11.3 Å². The third kappa shape index (κ3) is 3.32. The minimum atomic E-state index is 0.717. The molecular formula is C15H25NS. The van der Waals surface area contributed by atoms with Crippen molar-refractivity contribution in [3.8, 4) is 0 Å². The Morgan fingerprint density at radius 2 is 2.12 bits per heavy atom. The summed E-state index contributed by atoms with van der Waals surface area (Å²) in [5, 5.41) is 6.04. The Morgan fingerprint density at radius 1 is 1.29 bits per heavy atom. The molecule has 2 atom stereocenters. The molecule has 1 fully saturated rings. The topological polar surface area (TPSA) is 12.0 Å². The standard InChI is InChI=1S/C15H25NS/c1-3-10-16-14-8-6-4-5-7-13(14)15-12(2)9-11-17-15/h9,11,13-14,16H,3-8,10H2,1-2H3. The van der Waals surface area contributed by atoms with Crippen LogP contribution in [-0.2, 0) is 0 Å². The van der Waals surface area contributed by atoms with Gasteiger partial charge in [0, 0.05) is 16.8 Å². The van der Waals surface area contributed by atoms with Crippen LogP contribution >= 0.6 is 11.3 Å². The Morgan fingerprint density at radius 3 is 2.82 bits per heavy atom. The van der Waals surface area contributed by atoms with Crippen molar-refractivity contribution < 1.29 is 0 Å². The summed E-state index contributed by atoms with van der Waals surface area (Å²) in [7, 11) is 0. The van der Waals surface area contributed by atoms with Gasteiger partial charge in [0.1, 0.15) is 0 Å². The molecule has 0 amide bonds. The van der Waals surface area contributed by atoms with E-state index in [2.05, 4.69) is 30.6 Å². The summed E-state index contributed by atoms with van der Waals surface area (Å²) in [6.07, 6.45) is 8.22. The Labute approximate surface area is 110 Å². The second-order valence-corrected chi connectivity index (χ2v) is 6.22. The third-order valence-corrected chi connectivity index (χ3v) is 5.06. The van der Waals surface area contributed by atoms with E-state index in [0.717, 1.165) is 12.0 Å². The summed E-state index contributed by atoms with van der Waals surface area (Å²) in [6.45, 7) is 5.70. The SMILES string of the molecule is CCCNC1CCCCCC1c1sccc1C. The average Bonchev–Trinajstić information content (AvgIpc) is 2.63. The van der Waals surface area contributed by atoms with E-state index in [1.54, 1.807) is 4.88 Å². The van der Waals surface area contributed by atoms with E-state index in [0.29, 0.717) is 0 Å². The van der Waals surface area contributed by atoms with Gasteiger partial charge in [-0.25, -0.2) is 0 Å². The van der Waals surface area contributed by atoms with Crippen LogP contribution in [0.2, 0.25) is 0 Å². The lowest BCUT2D eigenvalue weighted by atomic mass is 9.91. The van der Waals surface area contributed by atoms with E-state index in [1.807, 2.05) is 11.3 Å². The molecule has 17 heavy (non-hydrogen) atoms. The summed E-state index contributed by atoms with van der Waals surface area (Å²) in [4.78, 5) is 1.64. The molecule has 1 aromatic heterocycles. The Bertz CT molecular complexity index is 331. The van der Waals surface area contributed by atoms with Gasteiger partial charge in [-0.3, -0.25) is 0 Å². The van der Waals surface area contributed by atoms with E-state index < -0.39 is 0 Å². The first-order chi connectivity index (χ1) is 8.33. The predicted octanol–water partition coefficient (Wildman–Crippen LogP) is 4.47. The lowest BCUT2D eigenvalue weighted by Gasteiger charge is -2.26. The van der Waals surface area contributed by atoms with Crippen molar-refractivity contribution in [2.45, 2.75) is 64.3 Å². The van der Waals surface area contributed by atoms with Gasteiger partial charge in [0.05, 0.1) is 0 Å². The molecular weight excluding hydrogens is 226 g/mol. The largest absolute Gasteiger partial charge is 0.313 e. The zero-order valence-corrected chi connectivity index (χ0v) is 12.0. The van der Waals surface area contributed by atoms with Crippen LogP contribution < -0.4 is 5.32 Å². The van der Waals surface area contributed by atoms with Gasteiger partial charge >= 0.3 is 0 Å². The molecule has 1 saturated carbocycles. The van der Waals surface area contributed by atoms with E-state index in [-0.39, 0.29) is 0 Å². The maximum Gasteiger partial charge on any atom is 0.0144 e. The molecule has 2 unspecified atom stereocenters. The third-order valence-electron chi connectivity index (χ3n) is 3.91. The van der Waals surface area contributed by atoms with Crippen LogP contribution in [0.5, 0.6) is 0 Å². The number of aryl methyl sites for hydroxylation is 1. The van der Waals surface area contributed by atoms with Crippen LogP contribution in [0.1, 0.15) is 61.8 Å². The molecule has 0 aromatic carbocycles. The fourth-order valence-corrected chi connectivity index (χ4v) is 4.09. The molecule has 1 aromatic rings. The van der Waals surface area contributed by atoms with Crippen LogP contribution in [-0.4, -0.2) is 12.6 Å². The molecule has 0 spiro atoms. The average molecular weight is 251 g/mol. The van der Waals surface area contributed by atoms with Gasteiger partial charge in [-0.2, -0.15) is 0 Å². The maximum atomic E-state index is 3.78. The van der Waals surface area contributed by atoms with Crippen molar-refractivity contribution in [2.75, 3.05) is 6.54 Å². The van der Waals surface area contributed by atoms with Gasteiger partial charge in [0.25, 0.3) is 0 Å². The summed E-state index contributed by atoms with van der Waals surface area (Å²) in [5.74, 6) is 0.768. The highest BCUT2D eigenvalue weighted by molar-refractivity contribution is 7.10. The predicted molar refractivity (Wildman–Crippen MR) is 77.0 cm³/mol. The van der Waals surface area contributed by atoms with E-state index in [4.69, 9.17) is 0 Å². The van der Waals surface area contributed by atoms with Gasteiger partial charge in [0.2, 0.25) is 0 Å². The zero-order valence-electron chi connectivity index (χ0n) is 11.2. The molecule has 0 bridgehead atoms. The molecule has 0 aliphatic heterocycles. The molecule has 2 heteroatoms. The van der Waals surface area contributed by atoms with Crippen molar-refractivity contribution >= 4 is 11.3 Å². The minimum absolute atomic E-state index is 0.717. The van der Waals surface area contributed by atoms with Crippen molar-refractivity contribution in [1.82, 2.24) is 5.32 Å². The summed E-state index contributed by atoms with van der Waals surface area (Å²) in [6, 6.07) is 3.00. The molecule has 96 valence electrons. The fourth-order valence-electron chi connectivity index (χ4n) is 2.96. The molecule has 1 aliphatic carbocycles. The van der Waals surface area contributed by atoms with E-state index in [1.165, 1.54) is 50.6 Å². The smallest absolute Gasteiger partial charge is 0.0144 e. The molecule has 0 radical (unpaired) electrons. The zero-order chi connectivity index (χ0) is 12.1. The highest BCUT2D eigenvalue weighted by Gasteiger charge is 2.26. The molecule has 1 aliphatic rings. The Kier molecular flexibility index (Phi) is 5.05. The van der Waals surface area contributed by atoms with Crippen molar-refractivity contribution in [3.63, 3.8) is 0 Å². The molecule has 0 saturated heterocycles. The van der Waals surface area contributed by atoms with Gasteiger partial charge in [0.15, 0.2) is 0 Å². The van der Waals surface area contributed by atoms with E-state index in [9.17, 15) is 0 Å². The number of hydrogen-bond donors (Lipinski definition) is 1.